The Morgan fingerprint density at radius 2 is 1.95 bits per heavy atom. The number of carbonyl (C=O) groups excluding carboxylic acids is 2. The molecular weight excluding hydrogens is 546 g/mol. The number of nitriles is 1. The lowest BCUT2D eigenvalue weighted by atomic mass is 9.91. The van der Waals surface area contributed by atoms with E-state index in [0.29, 0.717) is 49.7 Å². The molecule has 2 aliphatic heterocycles. The number of carboxylic acids is 1. The number of likely N-dealkylation sites (tertiary alicyclic amines) is 1. The van der Waals surface area contributed by atoms with E-state index in [1.165, 1.54) is 0 Å². The molecule has 212 valence electrons. The zero-order valence-electron chi connectivity index (χ0n) is 22.6. The van der Waals surface area contributed by atoms with Gasteiger partial charge in [0.1, 0.15) is 6.04 Å². The summed E-state index contributed by atoms with van der Waals surface area (Å²) in [4.78, 5) is 46.5. The molecule has 12 heteroatoms. The van der Waals surface area contributed by atoms with Crippen LogP contribution >= 0.6 is 11.6 Å². The normalized spacial score (nSPS) is 15.8. The van der Waals surface area contributed by atoms with Crippen molar-refractivity contribution in [3.63, 3.8) is 0 Å². The van der Waals surface area contributed by atoms with E-state index in [1.807, 2.05) is 52.2 Å². The summed E-state index contributed by atoms with van der Waals surface area (Å²) in [6.45, 7) is 3.78. The zero-order valence-corrected chi connectivity index (χ0v) is 23.3. The maximum atomic E-state index is 13.3. The fraction of sp³-hybridized carbons (Fsp3) is 0.345. The summed E-state index contributed by atoms with van der Waals surface area (Å²) < 4.78 is 1.90. The number of aromatic nitrogens is 1. The van der Waals surface area contributed by atoms with Gasteiger partial charge in [0.05, 0.1) is 22.7 Å². The SMILES string of the molecule is Cc1c2c(cc(Cl)c1C(=O)NC(CN=C(NC#N)N1CCCC1)C(=O)O)CN(C(=O)c1cc3ccccn3c1)CC2. The Balaban J connectivity index is 1.32. The molecule has 0 radical (unpaired) electrons. The van der Waals surface area contributed by atoms with Crippen LogP contribution < -0.4 is 10.6 Å². The number of carboxylic acid groups (broad SMARTS) is 1. The summed E-state index contributed by atoms with van der Waals surface area (Å²) in [5.41, 5.74) is 4.16. The van der Waals surface area contributed by atoms with Gasteiger partial charge in [0.2, 0.25) is 5.96 Å². The number of halogens is 1. The van der Waals surface area contributed by atoms with E-state index in [1.54, 1.807) is 17.9 Å². The van der Waals surface area contributed by atoms with E-state index in [2.05, 4.69) is 15.6 Å². The number of benzene rings is 1. The molecule has 2 aromatic heterocycles. The van der Waals surface area contributed by atoms with Gasteiger partial charge in [-0.15, -0.1) is 0 Å². The molecule has 0 spiro atoms. The van der Waals surface area contributed by atoms with Crippen molar-refractivity contribution < 1.29 is 19.5 Å². The minimum absolute atomic E-state index is 0.0843. The molecule has 0 aliphatic carbocycles. The summed E-state index contributed by atoms with van der Waals surface area (Å²) in [5, 5.41) is 24.1. The lowest BCUT2D eigenvalue weighted by Gasteiger charge is -2.31. The Morgan fingerprint density at radius 1 is 1.17 bits per heavy atom. The highest BCUT2D eigenvalue weighted by Crippen LogP contribution is 2.31. The highest BCUT2D eigenvalue weighted by Gasteiger charge is 2.29. The van der Waals surface area contributed by atoms with E-state index in [0.717, 1.165) is 29.5 Å². The molecule has 3 N–H and O–H groups in total. The van der Waals surface area contributed by atoms with Crippen LogP contribution in [-0.4, -0.2) is 75.3 Å². The number of pyridine rings is 1. The van der Waals surface area contributed by atoms with Gasteiger partial charge in [0, 0.05) is 44.1 Å². The predicted molar refractivity (Wildman–Crippen MR) is 153 cm³/mol. The van der Waals surface area contributed by atoms with Gasteiger partial charge < -0.3 is 24.6 Å². The van der Waals surface area contributed by atoms with E-state index in [-0.39, 0.29) is 23.0 Å². The highest BCUT2D eigenvalue weighted by atomic mass is 35.5. The van der Waals surface area contributed by atoms with Gasteiger partial charge in [-0.05, 0) is 67.1 Å². The van der Waals surface area contributed by atoms with Crippen LogP contribution in [0.15, 0.2) is 47.7 Å². The maximum Gasteiger partial charge on any atom is 0.328 e. The van der Waals surface area contributed by atoms with Crippen LogP contribution in [-0.2, 0) is 17.8 Å². The van der Waals surface area contributed by atoms with Crippen LogP contribution in [0, 0.1) is 18.4 Å². The largest absolute Gasteiger partial charge is 0.480 e. The molecule has 0 saturated carbocycles. The summed E-state index contributed by atoms with van der Waals surface area (Å²) in [5.74, 6) is -1.66. The fourth-order valence-electron chi connectivity index (χ4n) is 5.50. The van der Waals surface area contributed by atoms with Gasteiger partial charge in [-0.2, -0.15) is 5.26 Å². The first-order chi connectivity index (χ1) is 19.8. The number of amides is 2. The molecule has 4 heterocycles. The quantitative estimate of drug-likeness (QED) is 0.177. The van der Waals surface area contributed by atoms with Gasteiger partial charge in [-0.25, -0.2) is 9.79 Å². The third kappa shape index (κ3) is 5.83. The van der Waals surface area contributed by atoms with Crippen LogP contribution in [0.4, 0.5) is 0 Å². The first kappa shape index (κ1) is 28.0. The number of nitrogens with one attached hydrogen (secondary N) is 2. The third-order valence-corrected chi connectivity index (χ3v) is 7.91. The topological polar surface area (TPSA) is 143 Å². The van der Waals surface area contributed by atoms with E-state index in [9.17, 15) is 19.5 Å². The van der Waals surface area contributed by atoms with Gasteiger partial charge in [0.15, 0.2) is 6.19 Å². The lowest BCUT2D eigenvalue weighted by Crippen LogP contribution is -2.45. The number of hydrogen-bond donors (Lipinski definition) is 3. The highest BCUT2D eigenvalue weighted by molar-refractivity contribution is 6.34. The molecule has 2 aliphatic rings. The Bertz CT molecular complexity index is 1550. The molecule has 0 bridgehead atoms. The number of guanidine groups is 1. The second kappa shape index (κ2) is 11.9. The molecule has 1 saturated heterocycles. The van der Waals surface area contributed by atoms with Crippen LogP contribution in [0.1, 0.15) is 50.2 Å². The Hall–Kier alpha value is -4.56. The molecule has 1 fully saturated rings. The average Bonchev–Trinajstić information content (AvgIpc) is 3.64. The van der Waals surface area contributed by atoms with Crippen molar-refractivity contribution in [1.29, 1.82) is 5.26 Å². The number of aliphatic imine (C=N–C) groups is 1. The molecule has 1 atom stereocenters. The first-order valence-electron chi connectivity index (χ1n) is 13.4. The van der Waals surface area contributed by atoms with Crippen molar-refractivity contribution in [2.45, 2.75) is 38.8 Å². The van der Waals surface area contributed by atoms with E-state index >= 15 is 0 Å². The maximum absolute atomic E-state index is 13.3. The van der Waals surface area contributed by atoms with Gasteiger partial charge in [-0.3, -0.25) is 14.9 Å². The van der Waals surface area contributed by atoms with Crippen molar-refractivity contribution in [3.8, 4) is 6.19 Å². The second-order valence-corrected chi connectivity index (χ2v) is 10.6. The Labute approximate surface area is 242 Å². The van der Waals surface area contributed by atoms with Crippen LogP contribution in [0.25, 0.3) is 5.52 Å². The molecule has 3 aromatic rings. The fourth-order valence-corrected chi connectivity index (χ4v) is 5.86. The standard InChI is InChI=1S/C29H30ClN7O4/c1-18-22-7-11-37(27(39)20-12-21-6-2-3-10-36(21)16-20)15-19(22)13-23(30)25(18)26(38)34-24(28(40)41)14-32-29(33-17-31)35-8-4-5-9-35/h2-3,6,10,12-13,16,24H,4-5,7-9,11,14-15H2,1H3,(H,32,33)(H,34,38)(H,40,41). The van der Waals surface area contributed by atoms with Crippen molar-refractivity contribution in [2.24, 2.45) is 4.99 Å². The monoisotopic (exact) mass is 575 g/mol. The van der Waals surface area contributed by atoms with Gasteiger partial charge in [0.25, 0.3) is 11.8 Å². The predicted octanol–water partition coefficient (Wildman–Crippen LogP) is 2.81. The van der Waals surface area contributed by atoms with E-state index in [4.69, 9.17) is 16.9 Å². The van der Waals surface area contributed by atoms with Crippen LogP contribution in [0.3, 0.4) is 0 Å². The molecule has 41 heavy (non-hydrogen) atoms. The van der Waals surface area contributed by atoms with E-state index < -0.39 is 17.9 Å². The molecule has 2 amide bonds. The Morgan fingerprint density at radius 3 is 2.66 bits per heavy atom. The summed E-state index contributed by atoms with van der Waals surface area (Å²) in [6, 6.07) is 7.98. The Kier molecular flexibility index (Phi) is 8.12. The molecule has 5 rings (SSSR count). The van der Waals surface area contributed by atoms with Crippen molar-refractivity contribution in [3.05, 3.63) is 75.6 Å². The lowest BCUT2D eigenvalue weighted by molar-refractivity contribution is -0.138. The minimum atomic E-state index is -1.32. The smallest absolute Gasteiger partial charge is 0.328 e. The number of carbonyl (C=O) groups is 3. The van der Waals surface area contributed by atoms with Crippen molar-refractivity contribution >= 4 is 40.9 Å². The summed E-state index contributed by atoms with van der Waals surface area (Å²) in [6.07, 6.45) is 7.98. The zero-order chi connectivity index (χ0) is 29.1. The number of nitrogens with zero attached hydrogens (tertiary/aromatic N) is 5. The molecule has 1 aromatic carbocycles. The van der Waals surface area contributed by atoms with Crippen LogP contribution in [0.5, 0.6) is 0 Å². The average molecular weight is 576 g/mol. The van der Waals surface area contributed by atoms with Gasteiger partial charge in [-0.1, -0.05) is 17.7 Å². The number of rotatable bonds is 6. The number of fused-ring (bicyclic) bond motifs is 2. The van der Waals surface area contributed by atoms with Crippen LogP contribution in [0.2, 0.25) is 5.02 Å². The number of aliphatic carboxylic acids is 1. The van der Waals surface area contributed by atoms with Gasteiger partial charge >= 0.3 is 5.97 Å². The summed E-state index contributed by atoms with van der Waals surface area (Å²) >= 11 is 6.58. The molecule has 11 nitrogen and oxygen atoms in total. The second-order valence-electron chi connectivity index (χ2n) is 10.2. The minimum Gasteiger partial charge on any atom is -0.480 e. The van der Waals surface area contributed by atoms with Crippen molar-refractivity contribution in [2.75, 3.05) is 26.2 Å². The molecular formula is C29H30ClN7O4. The molecule has 1 unspecified atom stereocenters. The summed E-state index contributed by atoms with van der Waals surface area (Å²) in [7, 11) is 0. The van der Waals surface area contributed by atoms with Crippen molar-refractivity contribution in [1.82, 2.24) is 24.8 Å². The number of hydrogen-bond acceptors (Lipinski definition) is 5. The first-order valence-corrected chi connectivity index (χ1v) is 13.8. The third-order valence-electron chi connectivity index (χ3n) is 7.61.